The maximum Gasteiger partial charge on any atom is 0.271 e. The number of carbonyl (C=O) groups excluding carboxylic acids is 1. The van der Waals surface area contributed by atoms with E-state index in [1.165, 1.54) is 11.3 Å². The van der Waals surface area contributed by atoms with Gasteiger partial charge in [0.15, 0.2) is 5.13 Å². The molecule has 0 atom stereocenters. The third-order valence-corrected chi connectivity index (χ3v) is 3.19. The van der Waals surface area contributed by atoms with E-state index in [9.17, 15) is 4.79 Å². The Labute approximate surface area is 108 Å². The monoisotopic (exact) mass is 261 g/mol. The van der Waals surface area contributed by atoms with Crippen LogP contribution in [0, 0.1) is 0 Å². The zero-order valence-electron chi connectivity index (χ0n) is 9.46. The van der Waals surface area contributed by atoms with E-state index in [0.29, 0.717) is 22.8 Å². The maximum absolute atomic E-state index is 11.7. The second kappa shape index (κ2) is 4.69. The molecule has 0 spiro atoms. The molecule has 2 aromatic rings. The van der Waals surface area contributed by atoms with Crippen molar-refractivity contribution in [2.75, 3.05) is 5.32 Å². The number of thiazole rings is 1. The highest BCUT2D eigenvalue weighted by molar-refractivity contribution is 7.14. The van der Waals surface area contributed by atoms with Gasteiger partial charge in [0, 0.05) is 23.8 Å². The number of rotatable bonds is 4. The number of amides is 1. The summed E-state index contributed by atoms with van der Waals surface area (Å²) in [5.74, 6) is 0.358. The molecule has 0 radical (unpaired) electrons. The van der Waals surface area contributed by atoms with Crippen LogP contribution >= 0.6 is 11.3 Å². The predicted octanol–water partition coefficient (Wildman–Crippen LogP) is 1.57. The van der Waals surface area contributed by atoms with Gasteiger partial charge in [-0.2, -0.15) is 0 Å². The number of carbonyl (C=O) groups is 1. The molecule has 92 valence electrons. The third-order valence-electron chi connectivity index (χ3n) is 2.43. The summed E-state index contributed by atoms with van der Waals surface area (Å²) in [5, 5.41) is 8.19. The van der Waals surface area contributed by atoms with Crippen LogP contribution in [0.15, 0.2) is 23.8 Å². The fourth-order valence-corrected chi connectivity index (χ4v) is 2.07. The van der Waals surface area contributed by atoms with Crippen LogP contribution in [0.5, 0.6) is 0 Å². The van der Waals surface area contributed by atoms with Gasteiger partial charge in [0.2, 0.25) is 5.95 Å². The van der Waals surface area contributed by atoms with Gasteiger partial charge in [-0.25, -0.2) is 15.0 Å². The fraction of sp³-hybridized carbons (Fsp3) is 0.273. The average Bonchev–Trinajstić information content (AvgIpc) is 3.07. The van der Waals surface area contributed by atoms with Crippen LogP contribution < -0.4 is 10.6 Å². The molecule has 1 fully saturated rings. The molecule has 0 aliphatic heterocycles. The first-order valence-corrected chi connectivity index (χ1v) is 6.49. The maximum atomic E-state index is 11.7. The largest absolute Gasteiger partial charge is 0.348 e. The van der Waals surface area contributed by atoms with Gasteiger partial charge in [0.1, 0.15) is 5.69 Å². The molecule has 0 saturated heterocycles. The highest BCUT2D eigenvalue weighted by atomic mass is 32.1. The first-order chi connectivity index (χ1) is 8.81. The summed E-state index contributed by atoms with van der Waals surface area (Å²) in [6.07, 6.45) is 5.42. The van der Waals surface area contributed by atoms with Crippen LogP contribution in [0.2, 0.25) is 0 Å². The summed E-state index contributed by atoms with van der Waals surface area (Å²) in [7, 11) is 0. The molecule has 3 rings (SSSR count). The molecule has 7 heteroatoms. The molecule has 1 saturated carbocycles. The van der Waals surface area contributed by atoms with Gasteiger partial charge in [0.25, 0.3) is 5.91 Å². The Kier molecular flexibility index (Phi) is 2.89. The Morgan fingerprint density at radius 3 is 2.83 bits per heavy atom. The van der Waals surface area contributed by atoms with Gasteiger partial charge >= 0.3 is 0 Å². The van der Waals surface area contributed by atoms with E-state index >= 15 is 0 Å². The Bertz CT molecular complexity index is 552. The van der Waals surface area contributed by atoms with Crippen molar-refractivity contribution in [2.24, 2.45) is 0 Å². The molecule has 2 aromatic heterocycles. The van der Waals surface area contributed by atoms with Crippen LogP contribution in [-0.4, -0.2) is 26.9 Å². The zero-order chi connectivity index (χ0) is 12.4. The van der Waals surface area contributed by atoms with E-state index in [4.69, 9.17) is 0 Å². The number of aromatic nitrogens is 3. The highest BCUT2D eigenvalue weighted by Crippen LogP contribution is 2.21. The van der Waals surface area contributed by atoms with Crippen molar-refractivity contribution in [2.45, 2.75) is 18.9 Å². The van der Waals surface area contributed by atoms with Gasteiger partial charge in [-0.15, -0.1) is 11.3 Å². The summed E-state index contributed by atoms with van der Waals surface area (Å²) in [4.78, 5) is 24.0. The Balaban J connectivity index is 1.67. The summed E-state index contributed by atoms with van der Waals surface area (Å²) in [6, 6.07) is 2.08. The molecule has 1 aliphatic carbocycles. The van der Waals surface area contributed by atoms with Crippen LogP contribution in [0.1, 0.15) is 23.3 Å². The van der Waals surface area contributed by atoms with Crippen LogP contribution in [0.4, 0.5) is 11.1 Å². The van der Waals surface area contributed by atoms with Crippen molar-refractivity contribution >= 4 is 28.3 Å². The van der Waals surface area contributed by atoms with E-state index in [1.807, 2.05) is 0 Å². The van der Waals surface area contributed by atoms with Gasteiger partial charge in [0.05, 0.1) is 0 Å². The molecule has 0 aromatic carbocycles. The first-order valence-electron chi connectivity index (χ1n) is 5.62. The standard InChI is InChI=1S/C11H11N5OS/c17-9(14-7-2-3-7)8-6-18-11(15-8)16-10-12-4-1-5-13-10/h1,4-7H,2-3H2,(H,14,17)(H,12,13,15,16). The summed E-state index contributed by atoms with van der Waals surface area (Å²) >= 11 is 1.36. The minimum Gasteiger partial charge on any atom is -0.348 e. The van der Waals surface area contributed by atoms with E-state index in [2.05, 4.69) is 25.6 Å². The molecule has 1 amide bonds. The van der Waals surface area contributed by atoms with Crippen molar-refractivity contribution < 1.29 is 4.79 Å². The Morgan fingerprint density at radius 1 is 1.33 bits per heavy atom. The van der Waals surface area contributed by atoms with Gasteiger partial charge in [-0.3, -0.25) is 4.79 Å². The van der Waals surface area contributed by atoms with Gasteiger partial charge in [-0.1, -0.05) is 0 Å². The second-order valence-corrected chi connectivity index (χ2v) is 4.84. The number of nitrogens with zero attached hydrogens (tertiary/aromatic N) is 3. The molecule has 0 unspecified atom stereocenters. The molecule has 2 heterocycles. The topological polar surface area (TPSA) is 79.8 Å². The van der Waals surface area contributed by atoms with E-state index in [1.54, 1.807) is 23.8 Å². The molecule has 1 aliphatic rings. The molecular formula is C11H11N5OS. The summed E-state index contributed by atoms with van der Waals surface area (Å²) in [6.45, 7) is 0. The molecule has 0 bridgehead atoms. The number of anilines is 2. The fourth-order valence-electron chi connectivity index (χ4n) is 1.38. The Morgan fingerprint density at radius 2 is 2.11 bits per heavy atom. The second-order valence-electron chi connectivity index (χ2n) is 3.98. The quantitative estimate of drug-likeness (QED) is 0.873. The first kappa shape index (κ1) is 11.1. The van der Waals surface area contributed by atoms with E-state index in [0.717, 1.165) is 12.8 Å². The van der Waals surface area contributed by atoms with Crippen LogP contribution in [0.3, 0.4) is 0 Å². The smallest absolute Gasteiger partial charge is 0.271 e. The summed E-state index contributed by atoms with van der Waals surface area (Å²) < 4.78 is 0. The van der Waals surface area contributed by atoms with Crippen molar-refractivity contribution in [3.05, 3.63) is 29.5 Å². The van der Waals surface area contributed by atoms with Crippen molar-refractivity contribution in [3.8, 4) is 0 Å². The van der Waals surface area contributed by atoms with Crippen LogP contribution in [0.25, 0.3) is 0 Å². The molecule has 6 nitrogen and oxygen atoms in total. The number of hydrogen-bond donors (Lipinski definition) is 2. The Hall–Kier alpha value is -2.02. The van der Waals surface area contributed by atoms with E-state index in [-0.39, 0.29) is 5.91 Å². The lowest BCUT2D eigenvalue weighted by Crippen LogP contribution is -2.25. The minimum atomic E-state index is -0.115. The number of nitrogens with one attached hydrogen (secondary N) is 2. The minimum absolute atomic E-state index is 0.115. The molecule has 18 heavy (non-hydrogen) atoms. The summed E-state index contributed by atoms with van der Waals surface area (Å²) in [5.41, 5.74) is 0.435. The average molecular weight is 261 g/mol. The van der Waals surface area contributed by atoms with Crippen LogP contribution in [-0.2, 0) is 0 Å². The molecular weight excluding hydrogens is 250 g/mol. The lowest BCUT2D eigenvalue weighted by Gasteiger charge is -1.99. The lowest BCUT2D eigenvalue weighted by molar-refractivity contribution is 0.0947. The normalized spacial score (nSPS) is 14.2. The molecule has 2 N–H and O–H groups in total. The highest BCUT2D eigenvalue weighted by Gasteiger charge is 2.24. The SMILES string of the molecule is O=C(NC1CC1)c1csc(Nc2ncccn2)n1. The van der Waals surface area contributed by atoms with Crippen molar-refractivity contribution in [3.63, 3.8) is 0 Å². The third kappa shape index (κ3) is 2.62. The van der Waals surface area contributed by atoms with Gasteiger partial charge < -0.3 is 10.6 Å². The van der Waals surface area contributed by atoms with E-state index < -0.39 is 0 Å². The lowest BCUT2D eigenvalue weighted by atomic mass is 10.4. The number of hydrogen-bond acceptors (Lipinski definition) is 6. The van der Waals surface area contributed by atoms with Crippen molar-refractivity contribution in [1.29, 1.82) is 0 Å². The van der Waals surface area contributed by atoms with Crippen molar-refractivity contribution in [1.82, 2.24) is 20.3 Å². The van der Waals surface area contributed by atoms with Gasteiger partial charge in [-0.05, 0) is 18.9 Å². The zero-order valence-corrected chi connectivity index (χ0v) is 10.3. The predicted molar refractivity (Wildman–Crippen MR) is 67.9 cm³/mol.